The monoisotopic (exact) mass is 691 g/mol. The van der Waals surface area contributed by atoms with Crippen LogP contribution in [-0.4, -0.2) is 10.4 Å². The van der Waals surface area contributed by atoms with Gasteiger partial charge in [-0.15, -0.1) is 0 Å². The molecule has 0 fully saturated rings. The predicted molar refractivity (Wildman–Crippen MR) is 225 cm³/mol. The second-order valence-electron chi connectivity index (χ2n) is 14.9. The van der Waals surface area contributed by atoms with Gasteiger partial charge in [0.05, 0.1) is 11.0 Å². The minimum absolute atomic E-state index is 0.0157. The second kappa shape index (κ2) is 12.4. The van der Waals surface area contributed by atoms with Gasteiger partial charge in [0.2, 0.25) is 0 Å². The van der Waals surface area contributed by atoms with Crippen LogP contribution in [0.5, 0.6) is 0 Å². The summed E-state index contributed by atoms with van der Waals surface area (Å²) in [7, 11) is 0. The van der Waals surface area contributed by atoms with Crippen LogP contribution in [0.2, 0.25) is 0 Å². The third-order valence-corrected chi connectivity index (χ3v) is 11.4. The summed E-state index contributed by atoms with van der Waals surface area (Å²) < 4.78 is 2.40. The van der Waals surface area contributed by atoms with Gasteiger partial charge in [0, 0.05) is 33.0 Å². The second-order valence-corrected chi connectivity index (χ2v) is 14.9. The standard InChI is InChI=1S/C52H37NO/c1-52(2)47-24-13-12-23-43(47)44-33-50-46(32-48(44)52)45-31-39(51(54)38-22-14-21-37(27-38)34-15-6-3-7-16-34)25-26-49(45)53(50)42-29-40(35-17-8-4-9-18-35)28-41(30-42)36-19-10-5-11-20-36/h3-33H,1-2H3. The molecule has 0 bridgehead atoms. The third-order valence-electron chi connectivity index (χ3n) is 11.4. The first-order valence-electron chi connectivity index (χ1n) is 18.6. The third kappa shape index (κ3) is 5.14. The van der Waals surface area contributed by atoms with Gasteiger partial charge in [0.15, 0.2) is 5.78 Å². The normalized spacial score (nSPS) is 12.9. The molecule has 1 heterocycles. The molecule has 0 amide bonds. The Morgan fingerprint density at radius 1 is 0.407 bits per heavy atom. The van der Waals surface area contributed by atoms with Crippen LogP contribution >= 0.6 is 0 Å². The summed E-state index contributed by atoms with van der Waals surface area (Å²) in [6, 6.07) is 66.2. The van der Waals surface area contributed by atoms with Gasteiger partial charge >= 0.3 is 0 Å². The summed E-state index contributed by atoms with van der Waals surface area (Å²) in [5.74, 6) is 0.0157. The molecule has 9 aromatic rings. The molecule has 0 spiro atoms. The number of carbonyl (C=O) groups is 1. The molecule has 1 aromatic heterocycles. The maximum Gasteiger partial charge on any atom is 0.193 e. The van der Waals surface area contributed by atoms with Crippen molar-refractivity contribution in [2.24, 2.45) is 0 Å². The van der Waals surface area contributed by atoms with Crippen LogP contribution in [0.15, 0.2) is 188 Å². The van der Waals surface area contributed by atoms with Gasteiger partial charge in [-0.1, -0.05) is 147 Å². The quantitative estimate of drug-likeness (QED) is 0.159. The summed E-state index contributed by atoms with van der Waals surface area (Å²) >= 11 is 0. The minimum atomic E-state index is -0.159. The molecule has 2 heteroatoms. The molecular formula is C52H37NO. The molecule has 1 aliphatic rings. The number of rotatable bonds is 6. The van der Waals surface area contributed by atoms with Gasteiger partial charge in [-0.25, -0.2) is 0 Å². The molecule has 256 valence electrons. The molecular weight excluding hydrogens is 655 g/mol. The van der Waals surface area contributed by atoms with E-state index in [0.717, 1.165) is 49.7 Å². The van der Waals surface area contributed by atoms with E-state index in [0.29, 0.717) is 11.1 Å². The van der Waals surface area contributed by atoms with E-state index in [-0.39, 0.29) is 11.2 Å². The van der Waals surface area contributed by atoms with Crippen molar-refractivity contribution in [3.05, 3.63) is 210 Å². The first kappa shape index (κ1) is 31.9. The number of nitrogens with zero attached hydrogens (tertiary/aromatic N) is 1. The van der Waals surface area contributed by atoms with Gasteiger partial charge in [-0.05, 0) is 110 Å². The van der Waals surface area contributed by atoms with E-state index in [1.165, 1.54) is 33.4 Å². The Balaban J connectivity index is 1.23. The Hall–Kier alpha value is -6.77. The number of benzene rings is 8. The molecule has 0 atom stereocenters. The van der Waals surface area contributed by atoms with E-state index in [1.807, 2.05) is 42.5 Å². The Kier molecular flexibility index (Phi) is 7.35. The number of hydrogen-bond acceptors (Lipinski definition) is 1. The van der Waals surface area contributed by atoms with Crippen LogP contribution in [0.25, 0.3) is 72.0 Å². The van der Waals surface area contributed by atoms with E-state index in [4.69, 9.17) is 0 Å². The summed E-state index contributed by atoms with van der Waals surface area (Å²) in [4.78, 5) is 14.3. The summed E-state index contributed by atoms with van der Waals surface area (Å²) in [5.41, 5.74) is 16.4. The minimum Gasteiger partial charge on any atom is -0.309 e. The molecule has 0 saturated carbocycles. The molecule has 54 heavy (non-hydrogen) atoms. The topological polar surface area (TPSA) is 22.0 Å². The molecule has 0 unspecified atom stereocenters. The maximum absolute atomic E-state index is 14.3. The average molecular weight is 692 g/mol. The van der Waals surface area contributed by atoms with Crippen LogP contribution in [0.4, 0.5) is 0 Å². The first-order valence-corrected chi connectivity index (χ1v) is 18.6. The highest BCUT2D eigenvalue weighted by atomic mass is 16.1. The number of aromatic nitrogens is 1. The van der Waals surface area contributed by atoms with Crippen molar-refractivity contribution in [2.45, 2.75) is 19.3 Å². The average Bonchev–Trinajstić information content (AvgIpc) is 3.67. The Morgan fingerprint density at radius 2 is 0.963 bits per heavy atom. The van der Waals surface area contributed by atoms with Crippen LogP contribution in [0.1, 0.15) is 40.9 Å². The lowest BCUT2D eigenvalue weighted by molar-refractivity contribution is 0.103. The highest BCUT2D eigenvalue weighted by molar-refractivity contribution is 6.16. The molecule has 1 aliphatic carbocycles. The van der Waals surface area contributed by atoms with Crippen molar-refractivity contribution in [3.63, 3.8) is 0 Å². The molecule has 8 aromatic carbocycles. The van der Waals surface area contributed by atoms with Crippen molar-refractivity contribution < 1.29 is 4.79 Å². The Bertz CT molecular complexity index is 2840. The summed E-state index contributed by atoms with van der Waals surface area (Å²) in [6.45, 7) is 4.65. The van der Waals surface area contributed by atoms with Crippen molar-refractivity contribution in [2.75, 3.05) is 0 Å². The van der Waals surface area contributed by atoms with E-state index in [2.05, 4.69) is 164 Å². The SMILES string of the molecule is CC1(C)c2ccccc2-c2cc3c(cc21)c1cc(C(=O)c2cccc(-c4ccccc4)c2)ccc1n3-c1cc(-c2ccccc2)cc(-c2ccccc2)c1. The lowest BCUT2D eigenvalue weighted by Gasteiger charge is -2.21. The fourth-order valence-corrected chi connectivity index (χ4v) is 8.61. The van der Waals surface area contributed by atoms with E-state index >= 15 is 0 Å². The lowest BCUT2D eigenvalue weighted by Crippen LogP contribution is -2.14. The molecule has 0 N–H and O–H groups in total. The van der Waals surface area contributed by atoms with Gasteiger partial charge in [0.25, 0.3) is 0 Å². The zero-order valence-electron chi connectivity index (χ0n) is 30.3. The van der Waals surface area contributed by atoms with Crippen molar-refractivity contribution in [3.8, 4) is 50.2 Å². The van der Waals surface area contributed by atoms with Crippen LogP contribution in [0.3, 0.4) is 0 Å². The van der Waals surface area contributed by atoms with E-state index in [9.17, 15) is 4.79 Å². The fourth-order valence-electron chi connectivity index (χ4n) is 8.61. The van der Waals surface area contributed by atoms with Gasteiger partial charge < -0.3 is 4.57 Å². The highest BCUT2D eigenvalue weighted by Crippen LogP contribution is 2.51. The summed E-state index contributed by atoms with van der Waals surface area (Å²) in [6.07, 6.45) is 0. The molecule has 10 rings (SSSR count). The molecule has 0 saturated heterocycles. The number of hydrogen-bond donors (Lipinski definition) is 0. The fraction of sp³-hybridized carbons (Fsp3) is 0.0577. The molecule has 2 nitrogen and oxygen atoms in total. The number of ketones is 1. The van der Waals surface area contributed by atoms with Crippen LogP contribution < -0.4 is 0 Å². The van der Waals surface area contributed by atoms with Crippen molar-refractivity contribution in [1.29, 1.82) is 0 Å². The zero-order chi connectivity index (χ0) is 36.4. The van der Waals surface area contributed by atoms with Crippen LogP contribution in [0, 0.1) is 0 Å². The number of carbonyl (C=O) groups excluding carboxylic acids is 1. The Labute approximate surface area is 315 Å². The van der Waals surface area contributed by atoms with E-state index in [1.54, 1.807) is 0 Å². The van der Waals surface area contributed by atoms with Crippen LogP contribution in [-0.2, 0) is 5.41 Å². The van der Waals surface area contributed by atoms with Crippen molar-refractivity contribution in [1.82, 2.24) is 4.57 Å². The first-order chi connectivity index (χ1) is 26.4. The maximum atomic E-state index is 14.3. The predicted octanol–water partition coefficient (Wildman–Crippen LogP) is 13.3. The van der Waals surface area contributed by atoms with Crippen molar-refractivity contribution >= 4 is 27.6 Å². The Morgan fingerprint density at radius 3 is 1.63 bits per heavy atom. The van der Waals surface area contributed by atoms with Gasteiger partial charge in [0.1, 0.15) is 0 Å². The zero-order valence-corrected chi connectivity index (χ0v) is 30.3. The molecule has 0 aliphatic heterocycles. The lowest BCUT2D eigenvalue weighted by atomic mass is 9.82. The van der Waals surface area contributed by atoms with Gasteiger partial charge in [-0.2, -0.15) is 0 Å². The van der Waals surface area contributed by atoms with E-state index < -0.39 is 0 Å². The smallest absolute Gasteiger partial charge is 0.193 e. The number of fused-ring (bicyclic) bond motifs is 6. The molecule has 0 radical (unpaired) electrons. The van der Waals surface area contributed by atoms with Gasteiger partial charge in [-0.3, -0.25) is 4.79 Å². The largest absolute Gasteiger partial charge is 0.309 e. The summed E-state index contributed by atoms with van der Waals surface area (Å²) in [5, 5.41) is 2.21. The highest BCUT2D eigenvalue weighted by Gasteiger charge is 2.36.